The molecule has 0 aliphatic carbocycles. The minimum absolute atomic E-state index is 0.0204. The SMILES string of the molecule is CN(C)CCn1cnc(Cl)c(Cl)c1=O. The Morgan fingerprint density at radius 2 is 2.14 bits per heavy atom. The van der Waals surface area contributed by atoms with E-state index in [1.807, 2.05) is 19.0 Å². The first kappa shape index (κ1) is 11.5. The molecule has 14 heavy (non-hydrogen) atoms. The zero-order valence-corrected chi connectivity index (χ0v) is 9.51. The van der Waals surface area contributed by atoms with Crippen LogP contribution in [0, 0.1) is 0 Å². The molecule has 1 rings (SSSR count). The summed E-state index contributed by atoms with van der Waals surface area (Å²) >= 11 is 11.2. The third-order valence-electron chi connectivity index (χ3n) is 1.73. The van der Waals surface area contributed by atoms with E-state index in [4.69, 9.17) is 23.2 Å². The van der Waals surface area contributed by atoms with E-state index in [0.29, 0.717) is 6.54 Å². The summed E-state index contributed by atoms with van der Waals surface area (Å²) < 4.78 is 1.44. The lowest BCUT2D eigenvalue weighted by molar-refractivity contribution is 0.379. The van der Waals surface area contributed by atoms with Crippen LogP contribution < -0.4 is 5.56 Å². The second kappa shape index (κ2) is 4.77. The molecule has 0 N–H and O–H groups in total. The maximum absolute atomic E-state index is 11.5. The van der Waals surface area contributed by atoms with Crippen molar-refractivity contribution in [1.82, 2.24) is 14.5 Å². The van der Waals surface area contributed by atoms with Gasteiger partial charge in [-0.3, -0.25) is 9.36 Å². The van der Waals surface area contributed by atoms with E-state index in [9.17, 15) is 4.79 Å². The summed E-state index contributed by atoms with van der Waals surface area (Å²) in [4.78, 5) is 17.3. The Balaban J connectivity index is 2.89. The van der Waals surface area contributed by atoms with Crippen LogP contribution in [0.3, 0.4) is 0 Å². The molecular weight excluding hydrogens is 225 g/mol. The smallest absolute Gasteiger partial charge is 0.273 e. The van der Waals surface area contributed by atoms with Gasteiger partial charge in [0.2, 0.25) is 0 Å². The highest BCUT2D eigenvalue weighted by atomic mass is 35.5. The summed E-state index contributed by atoms with van der Waals surface area (Å²) in [6.45, 7) is 1.30. The quantitative estimate of drug-likeness (QED) is 0.738. The van der Waals surface area contributed by atoms with Gasteiger partial charge in [0, 0.05) is 13.1 Å². The van der Waals surface area contributed by atoms with Crippen molar-refractivity contribution in [2.75, 3.05) is 20.6 Å². The molecule has 0 aromatic carbocycles. The van der Waals surface area contributed by atoms with E-state index < -0.39 is 0 Å². The highest BCUT2D eigenvalue weighted by Gasteiger charge is 2.06. The molecule has 4 nitrogen and oxygen atoms in total. The Kier molecular flexibility index (Phi) is 3.92. The maximum Gasteiger partial charge on any atom is 0.273 e. The fraction of sp³-hybridized carbons (Fsp3) is 0.500. The standard InChI is InChI=1S/C8H11Cl2N3O/c1-12(2)3-4-13-5-11-7(10)6(9)8(13)14/h5H,3-4H2,1-2H3. The van der Waals surface area contributed by atoms with E-state index in [-0.39, 0.29) is 15.7 Å². The highest BCUT2D eigenvalue weighted by molar-refractivity contribution is 6.40. The van der Waals surface area contributed by atoms with Crippen molar-refractivity contribution in [3.8, 4) is 0 Å². The Hall–Kier alpha value is -0.580. The van der Waals surface area contributed by atoms with E-state index in [2.05, 4.69) is 4.98 Å². The molecule has 0 saturated heterocycles. The fourth-order valence-electron chi connectivity index (χ4n) is 0.911. The van der Waals surface area contributed by atoms with Crippen LogP contribution in [0.15, 0.2) is 11.1 Å². The molecule has 1 aromatic rings. The summed E-state index contributed by atoms with van der Waals surface area (Å²) in [5, 5.41) is 0.0330. The van der Waals surface area contributed by atoms with Gasteiger partial charge in [0.05, 0.1) is 6.33 Å². The molecule has 0 fully saturated rings. The normalized spacial score (nSPS) is 10.9. The first-order valence-electron chi connectivity index (χ1n) is 4.07. The van der Waals surface area contributed by atoms with Gasteiger partial charge in [0.15, 0.2) is 5.15 Å². The van der Waals surface area contributed by atoms with Gasteiger partial charge < -0.3 is 4.90 Å². The second-order valence-electron chi connectivity index (χ2n) is 3.15. The molecular formula is C8H11Cl2N3O. The van der Waals surface area contributed by atoms with Gasteiger partial charge >= 0.3 is 0 Å². The van der Waals surface area contributed by atoms with E-state index in [0.717, 1.165) is 6.54 Å². The second-order valence-corrected chi connectivity index (χ2v) is 3.89. The lowest BCUT2D eigenvalue weighted by atomic mass is 10.5. The molecule has 1 heterocycles. The molecule has 0 radical (unpaired) electrons. The van der Waals surface area contributed by atoms with Crippen molar-refractivity contribution in [1.29, 1.82) is 0 Å². The first-order valence-corrected chi connectivity index (χ1v) is 4.83. The number of aromatic nitrogens is 2. The van der Waals surface area contributed by atoms with Crippen LogP contribution >= 0.6 is 23.2 Å². The lowest BCUT2D eigenvalue weighted by Crippen LogP contribution is -2.27. The molecule has 1 aromatic heterocycles. The fourth-order valence-corrected chi connectivity index (χ4v) is 1.19. The molecule has 0 aliphatic rings. The molecule has 0 saturated carbocycles. The molecule has 6 heteroatoms. The van der Waals surface area contributed by atoms with E-state index >= 15 is 0 Å². The maximum atomic E-state index is 11.5. The van der Waals surface area contributed by atoms with Crippen molar-refractivity contribution in [3.05, 3.63) is 26.9 Å². The van der Waals surface area contributed by atoms with Crippen molar-refractivity contribution in [2.45, 2.75) is 6.54 Å². The Bertz CT molecular complexity index is 375. The minimum atomic E-state index is -0.298. The number of halogens is 2. The monoisotopic (exact) mass is 235 g/mol. The van der Waals surface area contributed by atoms with Crippen LogP contribution in [0.5, 0.6) is 0 Å². The van der Waals surface area contributed by atoms with E-state index in [1.165, 1.54) is 10.9 Å². The van der Waals surface area contributed by atoms with Gasteiger partial charge in [0.25, 0.3) is 5.56 Å². The van der Waals surface area contributed by atoms with Gasteiger partial charge in [-0.05, 0) is 14.1 Å². The predicted molar refractivity (Wildman–Crippen MR) is 57.1 cm³/mol. The van der Waals surface area contributed by atoms with Gasteiger partial charge in [-0.1, -0.05) is 23.2 Å². The average molecular weight is 236 g/mol. The largest absolute Gasteiger partial charge is 0.308 e. The van der Waals surface area contributed by atoms with Crippen LogP contribution in [0.2, 0.25) is 10.2 Å². The molecule has 78 valence electrons. The number of hydrogen-bond donors (Lipinski definition) is 0. The van der Waals surface area contributed by atoms with Crippen molar-refractivity contribution in [3.63, 3.8) is 0 Å². The zero-order chi connectivity index (χ0) is 10.7. The van der Waals surface area contributed by atoms with Crippen LogP contribution in [-0.4, -0.2) is 35.1 Å². The Morgan fingerprint density at radius 1 is 1.50 bits per heavy atom. The van der Waals surface area contributed by atoms with Crippen LogP contribution in [0.25, 0.3) is 0 Å². The third-order valence-corrected chi connectivity index (χ3v) is 2.45. The number of nitrogens with zero attached hydrogens (tertiary/aromatic N) is 3. The summed E-state index contributed by atoms with van der Waals surface area (Å²) in [7, 11) is 3.85. The Labute approximate surface area is 92.1 Å². The van der Waals surface area contributed by atoms with Crippen LogP contribution in [-0.2, 0) is 6.54 Å². The summed E-state index contributed by atoms with van der Waals surface area (Å²) in [6, 6.07) is 0. The number of rotatable bonds is 3. The molecule has 0 aliphatic heterocycles. The highest BCUT2D eigenvalue weighted by Crippen LogP contribution is 2.12. The molecule has 0 atom stereocenters. The molecule has 0 amide bonds. The minimum Gasteiger partial charge on any atom is -0.308 e. The van der Waals surface area contributed by atoms with Gasteiger partial charge in [-0.25, -0.2) is 4.98 Å². The molecule has 0 bridgehead atoms. The summed E-state index contributed by atoms with van der Waals surface area (Å²) in [5.41, 5.74) is -0.298. The zero-order valence-electron chi connectivity index (χ0n) is 8.00. The van der Waals surface area contributed by atoms with Gasteiger partial charge in [-0.2, -0.15) is 0 Å². The topological polar surface area (TPSA) is 38.1 Å². The van der Waals surface area contributed by atoms with Gasteiger partial charge in [0.1, 0.15) is 5.02 Å². The summed E-state index contributed by atoms with van der Waals surface area (Å²) in [6.07, 6.45) is 1.40. The van der Waals surface area contributed by atoms with Crippen molar-refractivity contribution < 1.29 is 0 Å². The first-order chi connectivity index (χ1) is 6.52. The number of likely N-dealkylation sites (N-methyl/N-ethyl adjacent to an activating group) is 1. The van der Waals surface area contributed by atoms with Crippen molar-refractivity contribution in [2.24, 2.45) is 0 Å². The van der Waals surface area contributed by atoms with E-state index in [1.54, 1.807) is 0 Å². The van der Waals surface area contributed by atoms with Crippen LogP contribution in [0.4, 0.5) is 0 Å². The molecule has 0 unspecified atom stereocenters. The van der Waals surface area contributed by atoms with Crippen molar-refractivity contribution >= 4 is 23.2 Å². The Morgan fingerprint density at radius 3 is 2.71 bits per heavy atom. The average Bonchev–Trinajstić information content (AvgIpc) is 2.13. The van der Waals surface area contributed by atoms with Crippen LogP contribution in [0.1, 0.15) is 0 Å². The predicted octanol–water partition coefficient (Wildman–Crippen LogP) is 1.11. The lowest BCUT2D eigenvalue weighted by Gasteiger charge is -2.10. The summed E-state index contributed by atoms with van der Waals surface area (Å²) in [5.74, 6) is 0. The third kappa shape index (κ3) is 2.70. The molecule has 0 spiro atoms. The van der Waals surface area contributed by atoms with Gasteiger partial charge in [-0.15, -0.1) is 0 Å². The number of hydrogen-bond acceptors (Lipinski definition) is 3.